The van der Waals surface area contributed by atoms with Crippen molar-refractivity contribution in [2.75, 3.05) is 7.11 Å². The number of rotatable bonds is 5. The molecule has 0 saturated carbocycles. The molecule has 4 aromatic rings. The molecule has 0 aliphatic carbocycles. The van der Waals surface area contributed by atoms with Crippen molar-refractivity contribution < 1.29 is 9.53 Å². The molecule has 4 nitrogen and oxygen atoms in total. The predicted molar refractivity (Wildman–Crippen MR) is 110 cm³/mol. The molecule has 4 rings (SSSR count). The number of nitrogens with zero attached hydrogens (tertiary/aromatic N) is 1. The second kappa shape index (κ2) is 7.53. The number of hydrogen-bond donors (Lipinski definition) is 0. The number of hydrogen-bond acceptors (Lipinski definition) is 3. The third kappa shape index (κ3) is 3.32. The highest BCUT2D eigenvalue weighted by molar-refractivity contribution is 6.10. The number of methoxy groups -OCH3 is 1. The first-order valence-electron chi connectivity index (χ1n) is 9.02. The van der Waals surface area contributed by atoms with Crippen molar-refractivity contribution in [3.63, 3.8) is 0 Å². The summed E-state index contributed by atoms with van der Waals surface area (Å²) in [5.41, 5.74) is 2.28. The number of carbonyl (C=O) groups is 1. The van der Waals surface area contributed by atoms with Crippen LogP contribution < -0.4 is 10.2 Å². The van der Waals surface area contributed by atoms with Gasteiger partial charge in [-0.15, -0.1) is 0 Å². The molecule has 0 unspecified atom stereocenters. The van der Waals surface area contributed by atoms with Gasteiger partial charge in [0.2, 0.25) is 5.43 Å². The van der Waals surface area contributed by atoms with Crippen molar-refractivity contribution in [3.8, 4) is 5.75 Å². The molecule has 0 aliphatic heterocycles. The first-order valence-corrected chi connectivity index (χ1v) is 9.02. The Bertz CT molecular complexity index is 1190. The molecule has 0 fully saturated rings. The number of aromatic nitrogens is 1. The zero-order valence-electron chi connectivity index (χ0n) is 15.5. The van der Waals surface area contributed by atoms with E-state index in [0.717, 1.165) is 11.1 Å². The minimum atomic E-state index is -0.291. The second-order valence-electron chi connectivity index (χ2n) is 6.56. The minimum absolute atomic E-state index is 0.166. The van der Waals surface area contributed by atoms with Crippen LogP contribution in [0.15, 0.2) is 89.9 Å². The number of pyridine rings is 1. The first kappa shape index (κ1) is 17.7. The average molecular weight is 369 g/mol. The van der Waals surface area contributed by atoms with Gasteiger partial charge in [-0.05, 0) is 42.0 Å². The van der Waals surface area contributed by atoms with E-state index in [4.69, 9.17) is 4.74 Å². The van der Waals surface area contributed by atoms with Crippen LogP contribution in [0.25, 0.3) is 10.9 Å². The number of fused-ring (bicyclic) bond motifs is 1. The number of ketones is 1. The fourth-order valence-electron chi connectivity index (χ4n) is 3.32. The van der Waals surface area contributed by atoms with Crippen molar-refractivity contribution in [2.45, 2.75) is 6.54 Å². The Kier molecular flexibility index (Phi) is 4.77. The Hall–Kier alpha value is -3.66. The number of carbonyl (C=O) groups excluding carboxylic acids is 1. The highest BCUT2D eigenvalue weighted by Crippen LogP contribution is 2.18. The molecular formula is C24H19NO3. The van der Waals surface area contributed by atoms with E-state index < -0.39 is 0 Å². The molecule has 28 heavy (non-hydrogen) atoms. The van der Waals surface area contributed by atoms with Gasteiger partial charge >= 0.3 is 0 Å². The van der Waals surface area contributed by atoms with Crippen molar-refractivity contribution in [2.24, 2.45) is 0 Å². The maximum Gasteiger partial charge on any atom is 0.200 e. The monoisotopic (exact) mass is 369 g/mol. The number of ether oxygens (including phenoxy) is 1. The summed E-state index contributed by atoms with van der Waals surface area (Å²) in [4.78, 5) is 26.1. The lowest BCUT2D eigenvalue weighted by molar-refractivity contribution is 0.103. The Morgan fingerprint density at radius 1 is 0.893 bits per heavy atom. The minimum Gasteiger partial charge on any atom is -0.497 e. The molecular weight excluding hydrogens is 350 g/mol. The van der Waals surface area contributed by atoms with Crippen LogP contribution in [0.4, 0.5) is 0 Å². The molecule has 4 heteroatoms. The van der Waals surface area contributed by atoms with Gasteiger partial charge in [0.25, 0.3) is 0 Å². The Labute approximate surface area is 162 Å². The van der Waals surface area contributed by atoms with Crippen LogP contribution in [0, 0.1) is 0 Å². The molecule has 0 bridgehead atoms. The standard InChI is InChI=1S/C24H19NO3/c1-28-19-13-11-18(12-14-19)23(26)21-16-25(15-17-7-3-2-4-8-17)22-10-6-5-9-20(22)24(21)27/h2-14,16H,15H2,1H3. The summed E-state index contributed by atoms with van der Waals surface area (Å²) in [5, 5.41) is 0.540. The quantitative estimate of drug-likeness (QED) is 0.493. The molecule has 3 aromatic carbocycles. The molecule has 1 heterocycles. The molecule has 138 valence electrons. The molecule has 0 aliphatic rings. The van der Waals surface area contributed by atoms with Crippen molar-refractivity contribution in [1.29, 1.82) is 0 Å². The van der Waals surface area contributed by atoms with Crippen LogP contribution in [0.2, 0.25) is 0 Å². The van der Waals surface area contributed by atoms with Gasteiger partial charge in [0.05, 0.1) is 18.2 Å². The molecule has 0 N–H and O–H groups in total. The van der Waals surface area contributed by atoms with Gasteiger partial charge in [-0.25, -0.2) is 0 Å². The summed E-state index contributed by atoms with van der Waals surface area (Å²) in [7, 11) is 1.57. The zero-order valence-corrected chi connectivity index (χ0v) is 15.5. The zero-order chi connectivity index (χ0) is 19.5. The maximum atomic E-state index is 13.1. The van der Waals surface area contributed by atoms with E-state index in [9.17, 15) is 9.59 Å². The fraction of sp³-hybridized carbons (Fsp3) is 0.0833. The lowest BCUT2D eigenvalue weighted by Crippen LogP contribution is -2.20. The van der Waals surface area contributed by atoms with Crippen LogP contribution in [-0.4, -0.2) is 17.5 Å². The molecule has 1 aromatic heterocycles. The van der Waals surface area contributed by atoms with E-state index in [1.54, 1.807) is 43.6 Å². The van der Waals surface area contributed by atoms with Gasteiger partial charge in [0, 0.05) is 23.7 Å². The van der Waals surface area contributed by atoms with Crippen molar-refractivity contribution >= 4 is 16.7 Å². The second-order valence-corrected chi connectivity index (χ2v) is 6.56. The van der Waals surface area contributed by atoms with Crippen LogP contribution in [0.5, 0.6) is 5.75 Å². The molecule has 0 amide bonds. The Morgan fingerprint density at radius 3 is 2.29 bits per heavy atom. The van der Waals surface area contributed by atoms with Gasteiger partial charge in [-0.2, -0.15) is 0 Å². The topological polar surface area (TPSA) is 48.3 Å². The van der Waals surface area contributed by atoms with Gasteiger partial charge in [0.15, 0.2) is 5.78 Å². The Balaban J connectivity index is 1.85. The maximum absolute atomic E-state index is 13.1. The van der Waals surface area contributed by atoms with Crippen LogP contribution in [0.3, 0.4) is 0 Å². The largest absolute Gasteiger partial charge is 0.497 e. The summed E-state index contributed by atoms with van der Waals surface area (Å²) >= 11 is 0. The fourth-order valence-corrected chi connectivity index (χ4v) is 3.32. The summed E-state index contributed by atoms with van der Waals surface area (Å²) in [6.07, 6.45) is 1.67. The number of benzene rings is 3. The van der Waals surface area contributed by atoms with Gasteiger partial charge < -0.3 is 9.30 Å². The third-order valence-electron chi connectivity index (χ3n) is 4.78. The summed E-state index contributed by atoms with van der Waals surface area (Å²) in [5.74, 6) is 0.372. The van der Waals surface area contributed by atoms with E-state index in [-0.39, 0.29) is 16.8 Å². The SMILES string of the molecule is COc1ccc(C(=O)c2cn(Cc3ccccc3)c3ccccc3c2=O)cc1. The lowest BCUT2D eigenvalue weighted by atomic mass is 10.0. The van der Waals surface area contributed by atoms with Gasteiger partial charge in [-0.1, -0.05) is 42.5 Å². The highest BCUT2D eigenvalue weighted by Gasteiger charge is 2.17. The van der Waals surface area contributed by atoms with E-state index in [1.807, 2.05) is 53.1 Å². The summed E-state index contributed by atoms with van der Waals surface area (Å²) < 4.78 is 7.11. The van der Waals surface area contributed by atoms with E-state index in [2.05, 4.69) is 0 Å². The van der Waals surface area contributed by atoms with Crippen molar-refractivity contribution in [1.82, 2.24) is 4.57 Å². The lowest BCUT2D eigenvalue weighted by Gasteiger charge is -2.13. The predicted octanol–water partition coefficient (Wildman–Crippen LogP) is 4.29. The molecule has 0 spiro atoms. The normalized spacial score (nSPS) is 10.8. The first-order chi connectivity index (χ1) is 13.7. The highest BCUT2D eigenvalue weighted by atomic mass is 16.5. The van der Waals surface area contributed by atoms with Crippen LogP contribution in [0.1, 0.15) is 21.5 Å². The van der Waals surface area contributed by atoms with Crippen LogP contribution in [-0.2, 0) is 6.54 Å². The summed E-state index contributed by atoms with van der Waals surface area (Å²) in [6, 6.07) is 24.1. The van der Waals surface area contributed by atoms with Crippen LogP contribution >= 0.6 is 0 Å². The molecule has 0 atom stereocenters. The average Bonchev–Trinajstić information content (AvgIpc) is 2.76. The third-order valence-corrected chi connectivity index (χ3v) is 4.78. The molecule has 0 radical (unpaired) electrons. The summed E-state index contributed by atoms with van der Waals surface area (Å²) in [6.45, 7) is 0.574. The van der Waals surface area contributed by atoms with Gasteiger partial charge in [-0.3, -0.25) is 9.59 Å². The Morgan fingerprint density at radius 2 is 1.57 bits per heavy atom. The molecule has 0 saturated heterocycles. The van der Waals surface area contributed by atoms with E-state index in [1.165, 1.54) is 0 Å². The van der Waals surface area contributed by atoms with E-state index in [0.29, 0.717) is 23.2 Å². The van der Waals surface area contributed by atoms with Gasteiger partial charge in [0.1, 0.15) is 5.75 Å². The van der Waals surface area contributed by atoms with Crippen molar-refractivity contribution in [3.05, 3.63) is 112 Å². The smallest absolute Gasteiger partial charge is 0.200 e. The number of para-hydroxylation sites is 1. The van der Waals surface area contributed by atoms with E-state index >= 15 is 0 Å².